The van der Waals surface area contributed by atoms with Gasteiger partial charge < -0.3 is 10.1 Å². The highest BCUT2D eigenvalue weighted by atomic mass is 32.2. The van der Waals surface area contributed by atoms with Crippen LogP contribution in [0.3, 0.4) is 0 Å². The Morgan fingerprint density at radius 2 is 1.77 bits per heavy atom. The molecule has 0 radical (unpaired) electrons. The summed E-state index contributed by atoms with van der Waals surface area (Å²) in [5.41, 5.74) is 0.427. The van der Waals surface area contributed by atoms with Crippen LogP contribution in [0.25, 0.3) is 0 Å². The summed E-state index contributed by atoms with van der Waals surface area (Å²) in [6.07, 6.45) is 0. The first-order chi connectivity index (χ1) is 12.2. The molecule has 0 aliphatic carbocycles. The maximum absolute atomic E-state index is 13.4. The number of anilines is 1. The van der Waals surface area contributed by atoms with Crippen LogP contribution < -0.4 is 10.1 Å². The second kappa shape index (κ2) is 7.84. The van der Waals surface area contributed by atoms with Gasteiger partial charge in [0.25, 0.3) is 5.91 Å². The Kier molecular flexibility index (Phi) is 5.99. The molecule has 0 bridgehead atoms. The highest BCUT2D eigenvalue weighted by Crippen LogP contribution is 2.22. The van der Waals surface area contributed by atoms with E-state index in [0.717, 1.165) is 6.07 Å². The minimum absolute atomic E-state index is 0.0451. The Morgan fingerprint density at radius 3 is 2.31 bits per heavy atom. The number of methoxy groups -OCH3 is 1. The maximum atomic E-state index is 13.4. The molecule has 0 unspecified atom stereocenters. The molecule has 2 aromatic carbocycles. The van der Waals surface area contributed by atoms with Crippen LogP contribution in [0, 0.1) is 5.82 Å². The molecule has 8 heteroatoms. The minimum Gasteiger partial charge on any atom is -0.496 e. The number of hydrogen-bond donors (Lipinski definition) is 1. The van der Waals surface area contributed by atoms with E-state index in [0.29, 0.717) is 5.69 Å². The van der Waals surface area contributed by atoms with E-state index in [-0.39, 0.29) is 22.3 Å². The lowest BCUT2D eigenvalue weighted by Crippen LogP contribution is -2.33. The first kappa shape index (κ1) is 19.9. The lowest BCUT2D eigenvalue weighted by atomic mass is 10.1. The van der Waals surface area contributed by atoms with E-state index in [1.807, 2.05) is 0 Å². The summed E-state index contributed by atoms with van der Waals surface area (Å²) in [5, 5.41) is 2.60. The number of benzene rings is 2. The number of nitrogens with one attached hydrogen (secondary N) is 1. The van der Waals surface area contributed by atoms with E-state index in [1.54, 1.807) is 13.8 Å². The normalized spacial score (nSPS) is 11.7. The highest BCUT2D eigenvalue weighted by molar-refractivity contribution is 7.89. The van der Waals surface area contributed by atoms with E-state index < -0.39 is 21.7 Å². The van der Waals surface area contributed by atoms with Crippen molar-refractivity contribution in [3.63, 3.8) is 0 Å². The maximum Gasteiger partial charge on any atom is 0.259 e. The predicted octanol–water partition coefficient (Wildman–Crippen LogP) is 3.12. The zero-order chi connectivity index (χ0) is 19.5. The molecule has 6 nitrogen and oxygen atoms in total. The van der Waals surface area contributed by atoms with Gasteiger partial charge in [0.15, 0.2) is 0 Å². The van der Waals surface area contributed by atoms with Gasteiger partial charge in [-0.2, -0.15) is 4.31 Å². The number of halogens is 1. The molecule has 2 aromatic rings. The molecule has 0 heterocycles. The fourth-order valence-electron chi connectivity index (χ4n) is 2.21. The molecule has 0 aliphatic rings. The third kappa shape index (κ3) is 4.20. The Balaban J connectivity index is 2.22. The van der Waals surface area contributed by atoms with Crippen molar-refractivity contribution < 1.29 is 22.3 Å². The first-order valence-corrected chi connectivity index (χ1v) is 9.34. The molecule has 0 spiro atoms. The van der Waals surface area contributed by atoms with Crippen molar-refractivity contribution in [3.8, 4) is 5.75 Å². The van der Waals surface area contributed by atoms with E-state index >= 15 is 0 Å². The molecule has 0 aliphatic heterocycles. The van der Waals surface area contributed by atoms with Crippen molar-refractivity contribution in [2.45, 2.75) is 24.8 Å². The molecule has 1 amide bonds. The third-order valence-electron chi connectivity index (χ3n) is 3.92. The minimum atomic E-state index is -3.60. The van der Waals surface area contributed by atoms with E-state index in [4.69, 9.17) is 4.74 Å². The van der Waals surface area contributed by atoms with Gasteiger partial charge in [0.2, 0.25) is 10.0 Å². The average molecular weight is 380 g/mol. The van der Waals surface area contributed by atoms with Gasteiger partial charge in [-0.1, -0.05) is 0 Å². The zero-order valence-electron chi connectivity index (χ0n) is 15.0. The fraction of sp³-hybridized carbons (Fsp3) is 0.278. The second-order valence-corrected chi connectivity index (χ2v) is 7.94. The van der Waals surface area contributed by atoms with Crippen molar-refractivity contribution in [1.29, 1.82) is 0 Å². The van der Waals surface area contributed by atoms with Crippen LogP contribution in [0.4, 0.5) is 10.1 Å². The summed E-state index contributed by atoms with van der Waals surface area (Å²) >= 11 is 0. The number of ether oxygens (including phenoxy) is 1. The number of nitrogens with zero attached hydrogens (tertiary/aromatic N) is 1. The number of rotatable bonds is 6. The van der Waals surface area contributed by atoms with Crippen molar-refractivity contribution in [1.82, 2.24) is 4.31 Å². The summed E-state index contributed by atoms with van der Waals surface area (Å²) in [7, 11) is -0.711. The molecule has 0 atom stereocenters. The Labute approximate surface area is 152 Å². The Bertz CT molecular complexity index is 896. The molecule has 140 valence electrons. The van der Waals surface area contributed by atoms with E-state index in [1.165, 1.54) is 54.9 Å². The summed E-state index contributed by atoms with van der Waals surface area (Å²) in [4.78, 5) is 12.5. The largest absolute Gasteiger partial charge is 0.496 e. The number of hydrogen-bond acceptors (Lipinski definition) is 4. The van der Waals surface area contributed by atoms with E-state index in [2.05, 4.69) is 5.32 Å². The number of sulfonamides is 1. The molecule has 0 fully saturated rings. The molecular formula is C18H21FN2O4S. The molecule has 26 heavy (non-hydrogen) atoms. The molecule has 1 N–H and O–H groups in total. The average Bonchev–Trinajstić information content (AvgIpc) is 2.61. The monoisotopic (exact) mass is 380 g/mol. The second-order valence-electron chi connectivity index (χ2n) is 5.94. The zero-order valence-corrected chi connectivity index (χ0v) is 15.8. The van der Waals surface area contributed by atoms with Crippen LogP contribution in [-0.2, 0) is 10.0 Å². The van der Waals surface area contributed by atoms with Crippen molar-refractivity contribution in [2.75, 3.05) is 19.5 Å². The van der Waals surface area contributed by atoms with E-state index in [9.17, 15) is 17.6 Å². The summed E-state index contributed by atoms with van der Waals surface area (Å²) < 4.78 is 44.6. The third-order valence-corrected chi connectivity index (χ3v) is 5.97. The lowest BCUT2D eigenvalue weighted by Gasteiger charge is -2.21. The highest BCUT2D eigenvalue weighted by Gasteiger charge is 2.23. The summed E-state index contributed by atoms with van der Waals surface area (Å²) in [6.45, 7) is 3.55. The molecule has 0 aromatic heterocycles. The molecule has 0 saturated heterocycles. The number of carbonyl (C=O) groups excluding carboxylic acids is 1. The molecule has 2 rings (SSSR count). The van der Waals surface area contributed by atoms with Gasteiger partial charge in [-0.05, 0) is 56.3 Å². The van der Waals surface area contributed by atoms with Crippen LogP contribution >= 0.6 is 0 Å². The van der Waals surface area contributed by atoms with Gasteiger partial charge in [0.05, 0.1) is 17.6 Å². The van der Waals surface area contributed by atoms with Crippen LogP contribution in [0.2, 0.25) is 0 Å². The van der Waals surface area contributed by atoms with Crippen molar-refractivity contribution >= 4 is 21.6 Å². The van der Waals surface area contributed by atoms with Gasteiger partial charge in [-0.3, -0.25) is 4.79 Å². The summed E-state index contributed by atoms with van der Waals surface area (Å²) in [6, 6.07) is 9.22. The van der Waals surface area contributed by atoms with Gasteiger partial charge in [0, 0.05) is 18.8 Å². The fourth-order valence-corrected chi connectivity index (χ4v) is 3.58. The number of amides is 1. The molecular weight excluding hydrogens is 359 g/mol. The van der Waals surface area contributed by atoms with Gasteiger partial charge >= 0.3 is 0 Å². The standard InChI is InChI=1S/C18H21FN2O4S/c1-12(2)21(3)26(23,24)15-8-6-14(7-9-15)20-18(22)16-11-13(19)5-10-17(16)25-4/h5-12H,1-4H3,(H,20,22). The van der Waals surface area contributed by atoms with Crippen molar-refractivity contribution in [2.24, 2.45) is 0 Å². The topological polar surface area (TPSA) is 75.7 Å². The predicted molar refractivity (Wildman–Crippen MR) is 97.4 cm³/mol. The van der Waals surface area contributed by atoms with Crippen LogP contribution in [-0.4, -0.2) is 38.8 Å². The number of carbonyl (C=O) groups is 1. The molecule has 0 saturated carbocycles. The van der Waals surface area contributed by atoms with Gasteiger partial charge in [0.1, 0.15) is 11.6 Å². The van der Waals surface area contributed by atoms with Gasteiger partial charge in [-0.15, -0.1) is 0 Å². The van der Waals surface area contributed by atoms with Crippen LogP contribution in [0.1, 0.15) is 24.2 Å². The smallest absolute Gasteiger partial charge is 0.259 e. The first-order valence-electron chi connectivity index (χ1n) is 7.90. The van der Waals surface area contributed by atoms with Crippen molar-refractivity contribution in [3.05, 3.63) is 53.8 Å². The SMILES string of the molecule is COc1ccc(F)cc1C(=O)Nc1ccc(S(=O)(=O)N(C)C(C)C)cc1. The quantitative estimate of drug-likeness (QED) is 0.835. The van der Waals surface area contributed by atoms with Crippen LogP contribution in [0.15, 0.2) is 47.4 Å². The lowest BCUT2D eigenvalue weighted by molar-refractivity contribution is 0.102. The Morgan fingerprint density at radius 1 is 1.15 bits per heavy atom. The Hall–Kier alpha value is -2.45. The van der Waals surface area contributed by atoms with Gasteiger partial charge in [-0.25, -0.2) is 12.8 Å². The summed E-state index contributed by atoms with van der Waals surface area (Å²) in [5.74, 6) is -0.882. The van der Waals surface area contributed by atoms with Crippen LogP contribution in [0.5, 0.6) is 5.75 Å².